The zero-order chi connectivity index (χ0) is 11.1. The molecule has 0 saturated carbocycles. The van der Waals surface area contributed by atoms with Gasteiger partial charge in [0.25, 0.3) is 0 Å². The van der Waals surface area contributed by atoms with E-state index in [0.717, 1.165) is 19.3 Å². The molecule has 0 N–H and O–H groups in total. The van der Waals surface area contributed by atoms with Crippen LogP contribution in [-0.4, -0.2) is 17.9 Å². The number of aryl methyl sites for hydroxylation is 1. The number of para-hydroxylation sites is 1. The molecule has 0 amide bonds. The first-order valence-corrected chi connectivity index (χ1v) is 6.13. The van der Waals surface area contributed by atoms with Crippen molar-refractivity contribution in [1.82, 2.24) is 0 Å². The summed E-state index contributed by atoms with van der Waals surface area (Å²) in [5, 5.41) is 0. The van der Waals surface area contributed by atoms with E-state index in [4.69, 9.17) is 0 Å². The zero-order valence-corrected chi connectivity index (χ0v) is 9.65. The second-order valence-corrected chi connectivity index (χ2v) is 5.02. The van der Waals surface area contributed by atoms with Crippen LogP contribution in [0.4, 0.5) is 5.69 Å². The van der Waals surface area contributed by atoms with Gasteiger partial charge in [-0.05, 0) is 31.4 Å². The summed E-state index contributed by atoms with van der Waals surface area (Å²) in [5.74, 6) is 0.438. The van der Waals surface area contributed by atoms with Crippen LogP contribution in [0.2, 0.25) is 0 Å². The van der Waals surface area contributed by atoms with Gasteiger partial charge in [-0.1, -0.05) is 18.2 Å². The topological polar surface area (TPSA) is 20.3 Å². The van der Waals surface area contributed by atoms with Crippen molar-refractivity contribution in [2.45, 2.75) is 44.7 Å². The first kappa shape index (κ1) is 9.88. The van der Waals surface area contributed by atoms with Gasteiger partial charge < -0.3 is 4.90 Å². The molecule has 0 aromatic heterocycles. The van der Waals surface area contributed by atoms with Gasteiger partial charge in [0.2, 0.25) is 0 Å². The Hall–Kier alpha value is -1.31. The number of hydrogen-bond acceptors (Lipinski definition) is 2. The Morgan fingerprint density at radius 2 is 2.06 bits per heavy atom. The summed E-state index contributed by atoms with van der Waals surface area (Å²) in [6.07, 6.45) is 3.72. The maximum absolute atomic E-state index is 11.6. The van der Waals surface area contributed by atoms with E-state index in [9.17, 15) is 4.79 Å². The summed E-state index contributed by atoms with van der Waals surface area (Å²) in [6.45, 7) is 2.17. The van der Waals surface area contributed by atoms with Gasteiger partial charge in [-0.15, -0.1) is 0 Å². The Balaban J connectivity index is 2.01. The van der Waals surface area contributed by atoms with Crippen LogP contribution in [0.1, 0.15) is 31.7 Å². The molecule has 1 aromatic rings. The molecule has 1 fully saturated rings. The van der Waals surface area contributed by atoms with E-state index in [0.29, 0.717) is 24.3 Å². The summed E-state index contributed by atoms with van der Waals surface area (Å²) in [6, 6.07) is 9.45. The van der Waals surface area contributed by atoms with E-state index in [1.165, 1.54) is 11.3 Å². The molecule has 0 aliphatic carbocycles. The Morgan fingerprint density at radius 1 is 1.25 bits per heavy atom. The molecule has 3 rings (SSSR count). The number of anilines is 1. The number of benzene rings is 1. The number of ketones is 1. The molecule has 84 valence electrons. The SMILES string of the molecule is CC1CC(=O)CC2CCc3ccccc3N12. The standard InChI is InChI=1S/C14H17NO/c1-10-8-13(16)9-12-7-6-11-4-2-3-5-14(11)15(10)12/h2-5,10,12H,6-9H2,1H3. The number of rotatable bonds is 0. The molecule has 2 aliphatic rings. The highest BCUT2D eigenvalue weighted by molar-refractivity contribution is 5.83. The van der Waals surface area contributed by atoms with Crippen molar-refractivity contribution < 1.29 is 4.79 Å². The number of nitrogens with zero attached hydrogens (tertiary/aromatic N) is 1. The lowest BCUT2D eigenvalue weighted by molar-refractivity contribution is -0.120. The van der Waals surface area contributed by atoms with E-state index in [-0.39, 0.29) is 0 Å². The van der Waals surface area contributed by atoms with Crippen LogP contribution in [-0.2, 0) is 11.2 Å². The van der Waals surface area contributed by atoms with E-state index < -0.39 is 0 Å². The van der Waals surface area contributed by atoms with Crippen LogP contribution >= 0.6 is 0 Å². The number of fused-ring (bicyclic) bond motifs is 3. The summed E-state index contributed by atoms with van der Waals surface area (Å²) in [4.78, 5) is 14.1. The second kappa shape index (κ2) is 3.62. The summed E-state index contributed by atoms with van der Waals surface area (Å²) < 4.78 is 0. The fraction of sp³-hybridized carbons (Fsp3) is 0.500. The van der Waals surface area contributed by atoms with Crippen molar-refractivity contribution in [2.24, 2.45) is 0 Å². The fourth-order valence-electron chi connectivity index (χ4n) is 3.20. The molecule has 2 heteroatoms. The van der Waals surface area contributed by atoms with E-state index in [1.807, 2.05) is 0 Å². The number of piperidine rings is 1. The molecular formula is C14H17NO. The van der Waals surface area contributed by atoms with Gasteiger partial charge in [0.1, 0.15) is 5.78 Å². The lowest BCUT2D eigenvalue weighted by Crippen LogP contribution is -2.50. The quantitative estimate of drug-likeness (QED) is 0.663. The Labute approximate surface area is 96.3 Å². The predicted molar refractivity (Wildman–Crippen MR) is 64.7 cm³/mol. The highest BCUT2D eigenvalue weighted by atomic mass is 16.1. The van der Waals surface area contributed by atoms with Crippen LogP contribution < -0.4 is 4.90 Å². The van der Waals surface area contributed by atoms with Gasteiger partial charge in [0.05, 0.1) is 0 Å². The Morgan fingerprint density at radius 3 is 2.94 bits per heavy atom. The molecule has 1 aromatic carbocycles. The van der Waals surface area contributed by atoms with Crippen LogP contribution in [0.25, 0.3) is 0 Å². The first-order valence-electron chi connectivity index (χ1n) is 6.13. The predicted octanol–water partition coefficient (Wildman–Crippen LogP) is 2.56. The number of carbonyl (C=O) groups excluding carboxylic acids is 1. The number of hydrogen-bond donors (Lipinski definition) is 0. The molecule has 2 atom stereocenters. The molecule has 2 nitrogen and oxygen atoms in total. The lowest BCUT2D eigenvalue weighted by atomic mass is 9.86. The molecule has 1 saturated heterocycles. The molecule has 2 heterocycles. The first-order chi connectivity index (χ1) is 7.75. The van der Waals surface area contributed by atoms with Crippen molar-refractivity contribution in [3.05, 3.63) is 29.8 Å². The zero-order valence-electron chi connectivity index (χ0n) is 9.65. The van der Waals surface area contributed by atoms with Gasteiger partial charge in [-0.25, -0.2) is 0 Å². The van der Waals surface area contributed by atoms with E-state index in [2.05, 4.69) is 36.1 Å². The minimum Gasteiger partial charge on any atom is -0.365 e. The lowest BCUT2D eigenvalue weighted by Gasteiger charge is -2.45. The molecule has 0 spiro atoms. The summed E-state index contributed by atoms with van der Waals surface area (Å²) in [5.41, 5.74) is 2.80. The monoisotopic (exact) mass is 215 g/mol. The van der Waals surface area contributed by atoms with Crippen LogP contribution in [0.5, 0.6) is 0 Å². The number of carbonyl (C=O) groups is 1. The largest absolute Gasteiger partial charge is 0.365 e. The minimum absolute atomic E-state index is 0.368. The van der Waals surface area contributed by atoms with Gasteiger partial charge in [-0.2, -0.15) is 0 Å². The van der Waals surface area contributed by atoms with E-state index in [1.54, 1.807) is 0 Å². The highest BCUT2D eigenvalue weighted by Gasteiger charge is 2.35. The van der Waals surface area contributed by atoms with Gasteiger partial charge >= 0.3 is 0 Å². The van der Waals surface area contributed by atoms with Crippen LogP contribution in [0.3, 0.4) is 0 Å². The van der Waals surface area contributed by atoms with Gasteiger partial charge in [0.15, 0.2) is 0 Å². The smallest absolute Gasteiger partial charge is 0.136 e. The van der Waals surface area contributed by atoms with Gasteiger partial charge in [-0.3, -0.25) is 4.79 Å². The summed E-state index contributed by atoms with van der Waals surface area (Å²) in [7, 11) is 0. The molecule has 2 aliphatic heterocycles. The molecule has 0 bridgehead atoms. The normalized spacial score (nSPS) is 28.6. The maximum atomic E-state index is 11.6. The second-order valence-electron chi connectivity index (χ2n) is 5.02. The fourth-order valence-corrected chi connectivity index (χ4v) is 3.20. The third kappa shape index (κ3) is 1.44. The van der Waals surface area contributed by atoms with Crippen molar-refractivity contribution >= 4 is 11.5 Å². The minimum atomic E-state index is 0.368. The molecule has 0 radical (unpaired) electrons. The average molecular weight is 215 g/mol. The third-order valence-electron chi connectivity index (χ3n) is 3.87. The maximum Gasteiger partial charge on any atom is 0.136 e. The summed E-state index contributed by atoms with van der Waals surface area (Å²) >= 11 is 0. The van der Waals surface area contributed by atoms with Crippen molar-refractivity contribution in [1.29, 1.82) is 0 Å². The van der Waals surface area contributed by atoms with Gasteiger partial charge in [0, 0.05) is 30.6 Å². The molecule has 2 unspecified atom stereocenters. The van der Waals surface area contributed by atoms with Crippen molar-refractivity contribution in [3.63, 3.8) is 0 Å². The van der Waals surface area contributed by atoms with E-state index >= 15 is 0 Å². The third-order valence-corrected chi connectivity index (χ3v) is 3.87. The molecular weight excluding hydrogens is 198 g/mol. The molecule has 16 heavy (non-hydrogen) atoms. The van der Waals surface area contributed by atoms with Crippen LogP contribution in [0.15, 0.2) is 24.3 Å². The van der Waals surface area contributed by atoms with Crippen molar-refractivity contribution in [3.8, 4) is 0 Å². The van der Waals surface area contributed by atoms with Crippen LogP contribution in [0, 0.1) is 0 Å². The Bertz CT molecular complexity index is 426. The van der Waals surface area contributed by atoms with Crippen molar-refractivity contribution in [2.75, 3.05) is 4.90 Å². The average Bonchev–Trinajstić information content (AvgIpc) is 2.28. The Kier molecular flexibility index (Phi) is 2.23. The highest BCUT2D eigenvalue weighted by Crippen LogP contribution is 2.36. The number of Topliss-reactive ketones (excluding diaryl/α,β-unsaturated/α-hetero) is 1.